The van der Waals surface area contributed by atoms with Crippen molar-refractivity contribution in [1.29, 1.82) is 0 Å². The van der Waals surface area contributed by atoms with Crippen molar-refractivity contribution >= 4 is 0 Å². The molecule has 15 heavy (non-hydrogen) atoms. The molecule has 1 aromatic rings. The van der Waals surface area contributed by atoms with E-state index in [-0.39, 0.29) is 12.0 Å². The molecule has 0 bridgehead atoms. The molecule has 0 amide bonds. The second-order valence-electron chi connectivity index (χ2n) is 4.28. The fourth-order valence-electron chi connectivity index (χ4n) is 1.69. The Morgan fingerprint density at radius 1 is 1.40 bits per heavy atom. The molecule has 0 aliphatic heterocycles. The van der Waals surface area contributed by atoms with E-state index in [4.69, 9.17) is 0 Å². The van der Waals surface area contributed by atoms with E-state index < -0.39 is 11.9 Å². The van der Waals surface area contributed by atoms with Crippen LogP contribution in [0.3, 0.4) is 0 Å². The van der Waals surface area contributed by atoms with Crippen LogP contribution >= 0.6 is 0 Å². The Labute approximate surface area is 86.1 Å². The summed E-state index contributed by atoms with van der Waals surface area (Å²) >= 11 is 0. The number of hydrogen-bond donors (Lipinski definition) is 0. The largest absolute Gasteiger partial charge is 0.433 e. The normalized spacial score (nSPS) is 17.5. The van der Waals surface area contributed by atoms with E-state index in [1.165, 1.54) is 6.20 Å². The number of hydrogen-bond acceptors (Lipinski definition) is 1. The molecule has 1 fully saturated rings. The van der Waals surface area contributed by atoms with Gasteiger partial charge in [0.1, 0.15) is 5.69 Å². The Morgan fingerprint density at radius 2 is 2.00 bits per heavy atom. The number of halogens is 3. The zero-order valence-electron chi connectivity index (χ0n) is 8.67. The van der Waals surface area contributed by atoms with Crippen molar-refractivity contribution < 1.29 is 13.2 Å². The highest BCUT2D eigenvalue weighted by Crippen LogP contribution is 2.42. The minimum atomic E-state index is -4.29. The summed E-state index contributed by atoms with van der Waals surface area (Å²) in [5.41, 5.74) is -0.255. The summed E-state index contributed by atoms with van der Waals surface area (Å²) in [7, 11) is 0. The lowest BCUT2D eigenvalue weighted by atomic mass is 10.0. The third-order valence-electron chi connectivity index (χ3n) is 2.61. The molecular weight excluding hydrogens is 205 g/mol. The number of aromatic nitrogens is 2. The minimum absolute atomic E-state index is 0.0332. The molecule has 1 aromatic heterocycles. The standard InChI is InChI=1S/C10H13F3N2/c1-6(2)8-5-14-15(7-3-4-7)9(8)10(11,12)13/h5-7H,3-4H2,1-2H3. The summed E-state index contributed by atoms with van der Waals surface area (Å²) < 4.78 is 39.6. The molecule has 1 aliphatic carbocycles. The van der Waals surface area contributed by atoms with Crippen LogP contribution in [-0.2, 0) is 6.18 Å². The molecule has 0 spiro atoms. The highest BCUT2D eigenvalue weighted by atomic mass is 19.4. The van der Waals surface area contributed by atoms with Gasteiger partial charge in [-0.05, 0) is 18.8 Å². The van der Waals surface area contributed by atoms with Crippen LogP contribution in [0, 0.1) is 0 Å². The lowest BCUT2D eigenvalue weighted by Gasteiger charge is -2.13. The first-order valence-electron chi connectivity index (χ1n) is 5.06. The van der Waals surface area contributed by atoms with Gasteiger partial charge in [-0.25, -0.2) is 0 Å². The number of nitrogens with zero attached hydrogens (tertiary/aromatic N) is 2. The molecule has 1 saturated carbocycles. The summed E-state index contributed by atoms with van der Waals surface area (Å²) in [6.07, 6.45) is -1.32. The second kappa shape index (κ2) is 3.25. The minimum Gasteiger partial charge on any atom is -0.257 e. The van der Waals surface area contributed by atoms with E-state index in [1.807, 2.05) is 0 Å². The van der Waals surface area contributed by atoms with Gasteiger partial charge in [-0.15, -0.1) is 0 Å². The quantitative estimate of drug-likeness (QED) is 0.744. The number of rotatable bonds is 2. The van der Waals surface area contributed by atoms with Crippen molar-refractivity contribution in [2.75, 3.05) is 0 Å². The van der Waals surface area contributed by atoms with Crippen LogP contribution in [0.5, 0.6) is 0 Å². The molecule has 84 valence electrons. The lowest BCUT2D eigenvalue weighted by Crippen LogP contribution is -2.16. The monoisotopic (exact) mass is 218 g/mol. The highest BCUT2D eigenvalue weighted by Gasteiger charge is 2.42. The molecule has 0 saturated heterocycles. The molecular formula is C10H13F3N2. The van der Waals surface area contributed by atoms with Crippen molar-refractivity contribution in [2.24, 2.45) is 0 Å². The lowest BCUT2D eigenvalue weighted by molar-refractivity contribution is -0.145. The van der Waals surface area contributed by atoms with Crippen molar-refractivity contribution in [2.45, 2.75) is 44.8 Å². The SMILES string of the molecule is CC(C)c1cnn(C2CC2)c1C(F)(F)F. The fourth-order valence-corrected chi connectivity index (χ4v) is 1.69. The van der Waals surface area contributed by atoms with Gasteiger partial charge in [0.2, 0.25) is 0 Å². The van der Waals surface area contributed by atoms with Gasteiger partial charge in [-0.3, -0.25) is 4.68 Å². The second-order valence-corrected chi connectivity index (χ2v) is 4.28. The van der Waals surface area contributed by atoms with Gasteiger partial charge < -0.3 is 0 Å². The van der Waals surface area contributed by atoms with Crippen LogP contribution in [-0.4, -0.2) is 9.78 Å². The van der Waals surface area contributed by atoms with Crippen LogP contribution in [0.2, 0.25) is 0 Å². The first-order valence-corrected chi connectivity index (χ1v) is 5.06. The fraction of sp³-hybridized carbons (Fsp3) is 0.700. The Hall–Kier alpha value is -1.00. The maximum atomic E-state index is 12.8. The molecule has 0 radical (unpaired) electrons. The maximum Gasteiger partial charge on any atom is 0.433 e. The average Bonchev–Trinajstić information content (AvgIpc) is 2.81. The molecule has 0 aromatic carbocycles. The van der Waals surface area contributed by atoms with Crippen LogP contribution in [0.1, 0.15) is 49.9 Å². The summed E-state index contributed by atoms with van der Waals surface area (Å²) in [5.74, 6) is -0.144. The molecule has 5 heteroatoms. The van der Waals surface area contributed by atoms with E-state index in [9.17, 15) is 13.2 Å². The molecule has 0 unspecified atom stereocenters. The smallest absolute Gasteiger partial charge is 0.257 e. The van der Waals surface area contributed by atoms with Gasteiger partial charge in [0, 0.05) is 5.56 Å². The molecule has 0 N–H and O–H groups in total. The molecule has 1 aliphatic rings. The average molecular weight is 218 g/mol. The van der Waals surface area contributed by atoms with Crippen LogP contribution in [0.15, 0.2) is 6.20 Å². The highest BCUT2D eigenvalue weighted by molar-refractivity contribution is 5.25. The van der Waals surface area contributed by atoms with Crippen LogP contribution in [0.4, 0.5) is 13.2 Å². The maximum absolute atomic E-state index is 12.8. The van der Waals surface area contributed by atoms with Crippen LogP contribution < -0.4 is 0 Å². The van der Waals surface area contributed by atoms with Crippen molar-refractivity contribution in [3.8, 4) is 0 Å². The van der Waals surface area contributed by atoms with Crippen molar-refractivity contribution in [3.63, 3.8) is 0 Å². The Kier molecular flexibility index (Phi) is 2.28. The van der Waals surface area contributed by atoms with E-state index >= 15 is 0 Å². The Balaban J connectivity index is 2.48. The molecule has 2 rings (SSSR count). The van der Waals surface area contributed by atoms with Gasteiger partial charge in [0.15, 0.2) is 0 Å². The van der Waals surface area contributed by atoms with E-state index in [1.54, 1.807) is 13.8 Å². The zero-order chi connectivity index (χ0) is 11.2. The summed E-state index contributed by atoms with van der Waals surface area (Å²) in [6.45, 7) is 3.51. The molecule has 1 heterocycles. The Morgan fingerprint density at radius 3 is 2.40 bits per heavy atom. The van der Waals surface area contributed by atoms with Gasteiger partial charge >= 0.3 is 6.18 Å². The summed E-state index contributed by atoms with van der Waals surface area (Å²) in [6, 6.07) is -0.0332. The third kappa shape index (κ3) is 1.87. The van der Waals surface area contributed by atoms with Crippen molar-refractivity contribution in [3.05, 3.63) is 17.5 Å². The number of alkyl halides is 3. The summed E-state index contributed by atoms with van der Waals surface area (Å²) in [5, 5.41) is 3.86. The van der Waals surface area contributed by atoms with E-state index in [0.29, 0.717) is 5.56 Å². The van der Waals surface area contributed by atoms with Gasteiger partial charge in [0.25, 0.3) is 0 Å². The predicted molar refractivity (Wildman–Crippen MR) is 49.6 cm³/mol. The zero-order valence-corrected chi connectivity index (χ0v) is 8.67. The van der Waals surface area contributed by atoms with Gasteiger partial charge in [-0.2, -0.15) is 18.3 Å². The van der Waals surface area contributed by atoms with E-state index in [2.05, 4.69) is 5.10 Å². The van der Waals surface area contributed by atoms with Crippen LogP contribution in [0.25, 0.3) is 0 Å². The Bertz CT molecular complexity index is 342. The van der Waals surface area contributed by atoms with Gasteiger partial charge in [0.05, 0.1) is 12.2 Å². The summed E-state index contributed by atoms with van der Waals surface area (Å²) in [4.78, 5) is 0. The predicted octanol–water partition coefficient (Wildman–Crippen LogP) is 3.36. The van der Waals surface area contributed by atoms with Gasteiger partial charge in [-0.1, -0.05) is 13.8 Å². The third-order valence-corrected chi connectivity index (χ3v) is 2.61. The van der Waals surface area contributed by atoms with E-state index in [0.717, 1.165) is 17.5 Å². The topological polar surface area (TPSA) is 17.8 Å². The first-order chi connectivity index (χ1) is 6.91. The van der Waals surface area contributed by atoms with Crippen molar-refractivity contribution in [1.82, 2.24) is 9.78 Å². The first kappa shape index (κ1) is 10.5. The molecule has 0 atom stereocenters. The molecule has 2 nitrogen and oxygen atoms in total.